The van der Waals surface area contributed by atoms with E-state index in [0.29, 0.717) is 13.2 Å². The van der Waals surface area contributed by atoms with Crippen LogP contribution in [0, 0.1) is 17.3 Å². The van der Waals surface area contributed by atoms with Gasteiger partial charge in [-0.05, 0) is 33.4 Å². The standard InChI is InChI=1S/C14H25NO4/c1-7-18-12(16)9-10(13(17)19-8-2)14(3,4)11(9)15(5)6/h9-11H,7-8H2,1-6H3/t9-,10+,11-/m1/s1. The average Bonchev–Trinajstić information content (AvgIpc) is 2.25. The van der Waals surface area contributed by atoms with Crippen LogP contribution in [0.25, 0.3) is 0 Å². The van der Waals surface area contributed by atoms with Crippen LogP contribution in [0.3, 0.4) is 0 Å². The van der Waals surface area contributed by atoms with Crippen molar-refractivity contribution >= 4 is 11.9 Å². The number of rotatable bonds is 5. The Hall–Kier alpha value is -1.10. The number of nitrogens with zero attached hydrogens (tertiary/aromatic N) is 1. The summed E-state index contributed by atoms with van der Waals surface area (Å²) in [6.07, 6.45) is 0. The number of hydrogen-bond donors (Lipinski definition) is 0. The Morgan fingerprint density at radius 1 is 1.05 bits per heavy atom. The molecule has 0 unspecified atom stereocenters. The van der Waals surface area contributed by atoms with Crippen LogP contribution in [-0.2, 0) is 19.1 Å². The predicted molar refractivity (Wildman–Crippen MR) is 71.5 cm³/mol. The maximum Gasteiger partial charge on any atom is 0.311 e. The molecule has 0 radical (unpaired) electrons. The molecule has 1 fully saturated rings. The maximum absolute atomic E-state index is 12.1. The Balaban J connectivity index is 2.98. The lowest BCUT2D eigenvalue weighted by Crippen LogP contribution is -2.68. The van der Waals surface area contributed by atoms with Gasteiger partial charge < -0.3 is 14.4 Å². The van der Waals surface area contributed by atoms with E-state index in [4.69, 9.17) is 9.47 Å². The van der Waals surface area contributed by atoms with Crippen molar-refractivity contribution in [3.8, 4) is 0 Å². The number of ether oxygens (including phenoxy) is 2. The SMILES string of the molecule is CCOC(=O)[C@@H]1[C@@H](C(=O)OCC)C(C)(C)[C@@H]1N(C)C. The zero-order valence-corrected chi connectivity index (χ0v) is 12.7. The number of hydrogen-bond acceptors (Lipinski definition) is 5. The smallest absolute Gasteiger partial charge is 0.311 e. The fourth-order valence-corrected chi connectivity index (χ4v) is 3.35. The molecule has 5 nitrogen and oxygen atoms in total. The van der Waals surface area contributed by atoms with Gasteiger partial charge >= 0.3 is 11.9 Å². The number of esters is 2. The van der Waals surface area contributed by atoms with Crippen molar-refractivity contribution in [1.29, 1.82) is 0 Å². The summed E-state index contributed by atoms with van der Waals surface area (Å²) in [5, 5.41) is 0. The summed E-state index contributed by atoms with van der Waals surface area (Å²) >= 11 is 0. The molecule has 3 atom stereocenters. The molecule has 1 saturated carbocycles. The zero-order valence-electron chi connectivity index (χ0n) is 12.7. The fourth-order valence-electron chi connectivity index (χ4n) is 3.35. The Labute approximate surface area is 115 Å². The maximum atomic E-state index is 12.1. The third-order valence-electron chi connectivity index (χ3n) is 3.92. The molecule has 0 N–H and O–H groups in total. The van der Waals surface area contributed by atoms with E-state index in [9.17, 15) is 9.59 Å². The molecule has 0 aliphatic heterocycles. The molecule has 0 saturated heterocycles. The minimum atomic E-state index is -0.441. The van der Waals surface area contributed by atoms with Crippen LogP contribution in [0.15, 0.2) is 0 Å². The molecule has 0 spiro atoms. The second-order valence-corrected chi connectivity index (χ2v) is 5.74. The lowest BCUT2D eigenvalue weighted by molar-refractivity contribution is -0.195. The van der Waals surface area contributed by atoms with Crippen molar-refractivity contribution in [3.63, 3.8) is 0 Å². The van der Waals surface area contributed by atoms with Crippen molar-refractivity contribution in [3.05, 3.63) is 0 Å². The highest BCUT2D eigenvalue weighted by molar-refractivity contribution is 5.86. The Kier molecular flexibility index (Phi) is 4.96. The fraction of sp³-hybridized carbons (Fsp3) is 0.857. The van der Waals surface area contributed by atoms with Gasteiger partial charge in [-0.2, -0.15) is 0 Å². The Morgan fingerprint density at radius 2 is 1.53 bits per heavy atom. The number of carbonyl (C=O) groups is 2. The first kappa shape index (κ1) is 16.0. The van der Waals surface area contributed by atoms with Gasteiger partial charge in [0.2, 0.25) is 0 Å². The Bertz CT molecular complexity index is 351. The van der Waals surface area contributed by atoms with Gasteiger partial charge in [-0.15, -0.1) is 0 Å². The van der Waals surface area contributed by atoms with Crippen molar-refractivity contribution in [2.45, 2.75) is 33.7 Å². The van der Waals surface area contributed by atoms with Crippen LogP contribution >= 0.6 is 0 Å². The first-order valence-corrected chi connectivity index (χ1v) is 6.78. The van der Waals surface area contributed by atoms with E-state index in [1.165, 1.54) is 0 Å². The van der Waals surface area contributed by atoms with E-state index in [1.807, 2.05) is 32.8 Å². The molecular weight excluding hydrogens is 246 g/mol. The molecule has 0 aromatic heterocycles. The minimum Gasteiger partial charge on any atom is -0.466 e. The second kappa shape index (κ2) is 5.90. The van der Waals surface area contributed by atoms with Crippen molar-refractivity contribution in [1.82, 2.24) is 4.90 Å². The molecular formula is C14H25NO4. The summed E-state index contributed by atoms with van der Waals surface area (Å²) in [7, 11) is 3.83. The first-order valence-electron chi connectivity index (χ1n) is 6.78. The van der Waals surface area contributed by atoms with E-state index in [2.05, 4.69) is 0 Å². The van der Waals surface area contributed by atoms with Crippen LogP contribution in [0.4, 0.5) is 0 Å². The van der Waals surface area contributed by atoms with E-state index >= 15 is 0 Å². The van der Waals surface area contributed by atoms with Gasteiger partial charge in [0.25, 0.3) is 0 Å². The van der Waals surface area contributed by atoms with Crippen LogP contribution in [-0.4, -0.2) is 50.2 Å². The molecule has 0 heterocycles. The topological polar surface area (TPSA) is 55.8 Å². The predicted octanol–water partition coefficient (Wildman–Crippen LogP) is 1.31. The molecule has 19 heavy (non-hydrogen) atoms. The van der Waals surface area contributed by atoms with Crippen molar-refractivity contribution < 1.29 is 19.1 Å². The first-order chi connectivity index (χ1) is 8.78. The molecule has 5 heteroatoms. The Morgan fingerprint density at radius 3 is 1.95 bits per heavy atom. The monoisotopic (exact) mass is 271 g/mol. The summed E-state index contributed by atoms with van der Waals surface area (Å²) < 4.78 is 10.2. The largest absolute Gasteiger partial charge is 0.466 e. The third-order valence-corrected chi connectivity index (χ3v) is 3.92. The molecule has 1 aliphatic carbocycles. The molecule has 110 valence electrons. The highest BCUT2D eigenvalue weighted by Crippen LogP contribution is 2.53. The van der Waals surface area contributed by atoms with Crippen LogP contribution < -0.4 is 0 Å². The third kappa shape index (κ3) is 2.76. The van der Waals surface area contributed by atoms with Crippen LogP contribution in [0.5, 0.6) is 0 Å². The molecule has 0 aromatic rings. The molecule has 0 amide bonds. The van der Waals surface area contributed by atoms with Gasteiger partial charge in [0.15, 0.2) is 0 Å². The van der Waals surface area contributed by atoms with Gasteiger partial charge in [-0.1, -0.05) is 13.8 Å². The average molecular weight is 271 g/mol. The zero-order chi connectivity index (χ0) is 14.8. The van der Waals surface area contributed by atoms with Crippen LogP contribution in [0.2, 0.25) is 0 Å². The molecule has 0 aromatic carbocycles. The highest BCUT2D eigenvalue weighted by atomic mass is 16.5. The van der Waals surface area contributed by atoms with E-state index in [0.717, 1.165) is 0 Å². The van der Waals surface area contributed by atoms with Gasteiger partial charge in [-0.3, -0.25) is 9.59 Å². The summed E-state index contributed by atoms with van der Waals surface area (Å²) in [5.41, 5.74) is -0.298. The van der Waals surface area contributed by atoms with Gasteiger partial charge in [0, 0.05) is 6.04 Å². The summed E-state index contributed by atoms with van der Waals surface area (Å²) in [5.74, 6) is -1.48. The van der Waals surface area contributed by atoms with E-state index in [1.54, 1.807) is 13.8 Å². The summed E-state index contributed by atoms with van der Waals surface area (Å²) in [6.45, 7) is 8.18. The van der Waals surface area contributed by atoms with E-state index in [-0.39, 0.29) is 23.4 Å². The normalized spacial score (nSPS) is 28.7. The van der Waals surface area contributed by atoms with Crippen molar-refractivity contribution in [2.75, 3.05) is 27.3 Å². The van der Waals surface area contributed by atoms with Gasteiger partial charge in [0.05, 0.1) is 25.0 Å². The molecule has 1 rings (SSSR count). The van der Waals surface area contributed by atoms with Gasteiger partial charge in [-0.25, -0.2) is 0 Å². The summed E-state index contributed by atoms with van der Waals surface area (Å²) in [4.78, 5) is 26.2. The lowest BCUT2D eigenvalue weighted by Gasteiger charge is -2.57. The molecule has 0 bridgehead atoms. The highest BCUT2D eigenvalue weighted by Gasteiger charge is 2.64. The lowest BCUT2D eigenvalue weighted by atomic mass is 9.51. The van der Waals surface area contributed by atoms with Gasteiger partial charge in [0.1, 0.15) is 0 Å². The van der Waals surface area contributed by atoms with Crippen LogP contribution in [0.1, 0.15) is 27.7 Å². The quantitative estimate of drug-likeness (QED) is 0.706. The van der Waals surface area contributed by atoms with Crippen molar-refractivity contribution in [2.24, 2.45) is 17.3 Å². The second-order valence-electron chi connectivity index (χ2n) is 5.74. The molecule has 1 aliphatic rings. The minimum absolute atomic E-state index is 0.0130. The number of carbonyl (C=O) groups excluding carboxylic acids is 2. The van der Waals surface area contributed by atoms with E-state index < -0.39 is 11.8 Å². The summed E-state index contributed by atoms with van der Waals surface area (Å²) in [6, 6.07) is -0.0130.